The normalized spacial score (nSPS) is 29.7. The summed E-state index contributed by atoms with van der Waals surface area (Å²) in [6, 6.07) is 0.209. The van der Waals surface area contributed by atoms with Gasteiger partial charge in [0.1, 0.15) is 0 Å². The van der Waals surface area contributed by atoms with Gasteiger partial charge in [0.15, 0.2) is 5.82 Å². The maximum Gasteiger partial charge on any atom is 0.289 e. The van der Waals surface area contributed by atoms with Crippen molar-refractivity contribution in [2.45, 2.75) is 25.3 Å². The molecule has 19 heavy (non-hydrogen) atoms. The van der Waals surface area contributed by atoms with Crippen molar-refractivity contribution in [3.63, 3.8) is 0 Å². The molecule has 1 aromatic rings. The van der Waals surface area contributed by atoms with E-state index in [1.807, 2.05) is 7.05 Å². The second kappa shape index (κ2) is 4.68. The lowest BCUT2D eigenvalue weighted by atomic mass is 9.89. The van der Waals surface area contributed by atoms with E-state index >= 15 is 0 Å². The summed E-state index contributed by atoms with van der Waals surface area (Å²) in [5.74, 6) is 1.38. The second-order valence-corrected chi connectivity index (χ2v) is 5.51. The zero-order chi connectivity index (χ0) is 13.4. The van der Waals surface area contributed by atoms with Gasteiger partial charge >= 0.3 is 0 Å². The molecule has 0 spiro atoms. The average molecular weight is 262 g/mol. The summed E-state index contributed by atoms with van der Waals surface area (Å²) in [6.45, 7) is 0.753. The van der Waals surface area contributed by atoms with Gasteiger partial charge in [-0.1, -0.05) is 0 Å². The van der Waals surface area contributed by atoms with Crippen LogP contribution in [0.3, 0.4) is 0 Å². The molecule has 3 atom stereocenters. The summed E-state index contributed by atoms with van der Waals surface area (Å²) < 4.78 is 0. The van der Waals surface area contributed by atoms with E-state index < -0.39 is 0 Å². The molecule has 2 amide bonds. The smallest absolute Gasteiger partial charge is 0.289 e. The Morgan fingerprint density at radius 2 is 2.21 bits per heavy atom. The number of rotatable bonds is 2. The lowest BCUT2D eigenvalue weighted by molar-refractivity contribution is -0.124. The van der Waals surface area contributed by atoms with Crippen LogP contribution in [0.25, 0.3) is 0 Å². The molecule has 3 rings (SSSR count). The molecular weight excluding hydrogens is 244 g/mol. The van der Waals surface area contributed by atoms with Crippen molar-refractivity contribution in [3.05, 3.63) is 18.2 Å². The number of fused-ring (bicyclic) bond motifs is 1. The van der Waals surface area contributed by atoms with Crippen molar-refractivity contribution >= 4 is 11.8 Å². The van der Waals surface area contributed by atoms with Crippen molar-refractivity contribution < 1.29 is 9.59 Å². The number of carbonyl (C=O) groups excluding carboxylic acids is 2. The molecule has 0 bridgehead atoms. The van der Waals surface area contributed by atoms with Crippen LogP contribution in [0.4, 0.5) is 0 Å². The van der Waals surface area contributed by atoms with Crippen molar-refractivity contribution in [2.75, 3.05) is 13.6 Å². The van der Waals surface area contributed by atoms with Gasteiger partial charge in [0.05, 0.1) is 0 Å². The fourth-order valence-corrected chi connectivity index (χ4v) is 3.27. The summed E-state index contributed by atoms with van der Waals surface area (Å²) in [5, 5.41) is 2.91. The van der Waals surface area contributed by atoms with Crippen LogP contribution in [0.2, 0.25) is 0 Å². The summed E-state index contributed by atoms with van der Waals surface area (Å²) in [7, 11) is 1.82. The Morgan fingerprint density at radius 1 is 1.42 bits per heavy atom. The van der Waals surface area contributed by atoms with Gasteiger partial charge in [-0.15, -0.1) is 0 Å². The van der Waals surface area contributed by atoms with Gasteiger partial charge in [0.2, 0.25) is 5.91 Å². The summed E-state index contributed by atoms with van der Waals surface area (Å²) in [6.07, 6.45) is 5.72. The van der Waals surface area contributed by atoms with Gasteiger partial charge in [-0.2, -0.15) is 0 Å². The van der Waals surface area contributed by atoms with E-state index in [1.165, 1.54) is 0 Å². The molecule has 1 aliphatic heterocycles. The molecule has 1 saturated heterocycles. The average Bonchev–Trinajstić information content (AvgIpc) is 3.05. The Morgan fingerprint density at radius 3 is 2.95 bits per heavy atom. The molecule has 0 aromatic carbocycles. The first-order valence-electron chi connectivity index (χ1n) is 6.68. The topological polar surface area (TPSA) is 78.1 Å². The first-order valence-corrected chi connectivity index (χ1v) is 6.68. The molecule has 1 saturated carbocycles. The number of piperidine rings is 1. The molecule has 1 aliphatic carbocycles. The maximum atomic E-state index is 12.2. The first kappa shape index (κ1) is 12.2. The highest BCUT2D eigenvalue weighted by Crippen LogP contribution is 2.38. The van der Waals surface area contributed by atoms with Crippen molar-refractivity contribution in [1.82, 2.24) is 20.2 Å². The molecule has 6 nitrogen and oxygen atoms in total. The quantitative estimate of drug-likeness (QED) is 0.809. The fourth-order valence-electron chi connectivity index (χ4n) is 3.27. The van der Waals surface area contributed by atoms with Gasteiger partial charge < -0.3 is 15.2 Å². The predicted molar refractivity (Wildman–Crippen MR) is 68.3 cm³/mol. The van der Waals surface area contributed by atoms with Crippen LogP contribution in [0.5, 0.6) is 0 Å². The van der Waals surface area contributed by atoms with Crippen LogP contribution in [-0.4, -0.2) is 46.3 Å². The van der Waals surface area contributed by atoms with Gasteiger partial charge in [-0.3, -0.25) is 9.59 Å². The van der Waals surface area contributed by atoms with E-state index in [4.69, 9.17) is 0 Å². The molecule has 2 aliphatic rings. The van der Waals surface area contributed by atoms with E-state index in [0.29, 0.717) is 24.1 Å². The number of carbonyl (C=O) groups is 2. The summed E-state index contributed by atoms with van der Waals surface area (Å²) in [4.78, 5) is 32.2. The number of aromatic amines is 1. The third-order valence-corrected chi connectivity index (χ3v) is 4.39. The van der Waals surface area contributed by atoms with E-state index in [1.54, 1.807) is 17.3 Å². The van der Waals surface area contributed by atoms with Gasteiger partial charge in [0.25, 0.3) is 5.91 Å². The Balaban J connectivity index is 1.67. The molecule has 2 heterocycles. The number of H-pyrrole nitrogens is 1. The predicted octanol–water partition coefficient (Wildman–Crippen LogP) is 0.396. The largest absolute Gasteiger partial charge is 0.356 e. The van der Waals surface area contributed by atoms with E-state index in [0.717, 1.165) is 19.4 Å². The van der Waals surface area contributed by atoms with Crippen LogP contribution in [0.1, 0.15) is 29.9 Å². The molecule has 102 valence electrons. The van der Waals surface area contributed by atoms with E-state index in [-0.39, 0.29) is 17.9 Å². The van der Waals surface area contributed by atoms with E-state index in [9.17, 15) is 9.59 Å². The fraction of sp³-hybridized carbons (Fsp3) is 0.615. The molecule has 2 fully saturated rings. The van der Waals surface area contributed by atoms with Crippen LogP contribution in [0.15, 0.2) is 12.4 Å². The highest BCUT2D eigenvalue weighted by atomic mass is 16.2. The van der Waals surface area contributed by atoms with Crippen LogP contribution < -0.4 is 5.32 Å². The summed E-state index contributed by atoms with van der Waals surface area (Å²) >= 11 is 0. The number of aromatic nitrogens is 2. The highest BCUT2D eigenvalue weighted by Gasteiger charge is 2.40. The number of amides is 2. The monoisotopic (exact) mass is 262 g/mol. The lowest BCUT2D eigenvalue weighted by Gasteiger charge is -2.24. The van der Waals surface area contributed by atoms with Gasteiger partial charge in [-0.25, -0.2) is 4.98 Å². The molecule has 1 aromatic heterocycles. The van der Waals surface area contributed by atoms with Gasteiger partial charge in [0, 0.05) is 38.4 Å². The Bertz CT molecular complexity index is 485. The highest BCUT2D eigenvalue weighted by molar-refractivity contribution is 5.90. The first-order chi connectivity index (χ1) is 9.15. The summed E-state index contributed by atoms with van der Waals surface area (Å²) in [5.41, 5.74) is 0. The SMILES string of the molecule is CN(C(=O)c1ncc[nH]1)[C@H]1C[C@H]2CC(=O)NC[C@H]2C1. The molecule has 2 N–H and O–H groups in total. The number of hydrogen-bond acceptors (Lipinski definition) is 3. The third-order valence-electron chi connectivity index (χ3n) is 4.39. The third kappa shape index (κ3) is 2.22. The maximum absolute atomic E-state index is 12.2. The molecule has 0 radical (unpaired) electrons. The minimum atomic E-state index is -0.0760. The molecule has 6 heteroatoms. The van der Waals surface area contributed by atoms with Crippen molar-refractivity contribution in [3.8, 4) is 0 Å². The van der Waals surface area contributed by atoms with Crippen LogP contribution in [0, 0.1) is 11.8 Å². The lowest BCUT2D eigenvalue weighted by Crippen LogP contribution is -2.38. The number of nitrogens with one attached hydrogen (secondary N) is 2. The molecule has 0 unspecified atom stereocenters. The standard InChI is InChI=1S/C13H18N4O2/c1-17(13(19)12-14-2-3-15-12)10-4-8-6-11(18)16-7-9(8)5-10/h2-3,8-10H,4-7H2,1H3,(H,14,15)(H,16,18)/t8-,9+,10-/m0/s1. The Labute approximate surface area is 111 Å². The number of hydrogen-bond donors (Lipinski definition) is 2. The Hall–Kier alpha value is -1.85. The van der Waals surface area contributed by atoms with Gasteiger partial charge in [-0.05, 0) is 24.7 Å². The Kier molecular flexibility index (Phi) is 3.00. The minimum Gasteiger partial charge on any atom is -0.356 e. The number of imidazole rings is 1. The van der Waals surface area contributed by atoms with Crippen LogP contribution in [-0.2, 0) is 4.79 Å². The van der Waals surface area contributed by atoms with E-state index in [2.05, 4.69) is 15.3 Å². The minimum absolute atomic E-state index is 0.0760. The zero-order valence-corrected chi connectivity index (χ0v) is 10.9. The van der Waals surface area contributed by atoms with Crippen molar-refractivity contribution in [2.24, 2.45) is 11.8 Å². The second-order valence-electron chi connectivity index (χ2n) is 5.51. The number of nitrogens with zero attached hydrogens (tertiary/aromatic N) is 2. The van der Waals surface area contributed by atoms with Crippen molar-refractivity contribution in [1.29, 1.82) is 0 Å². The zero-order valence-electron chi connectivity index (χ0n) is 10.9. The molecular formula is C13H18N4O2. The van der Waals surface area contributed by atoms with Crippen LogP contribution >= 0.6 is 0 Å².